The van der Waals surface area contributed by atoms with Gasteiger partial charge in [0.05, 0.1) is 6.26 Å². The molecule has 0 radical (unpaired) electrons. The molecule has 2 aliphatic rings. The number of rotatable bonds is 3. The monoisotopic (exact) mass is 304 g/mol. The lowest BCUT2D eigenvalue weighted by molar-refractivity contribution is 0.0656. The van der Waals surface area contributed by atoms with Gasteiger partial charge in [0.25, 0.3) is 5.91 Å². The summed E-state index contributed by atoms with van der Waals surface area (Å²) in [6, 6.07) is 4.04. The van der Waals surface area contributed by atoms with Gasteiger partial charge >= 0.3 is 0 Å². The Bertz CT molecular complexity index is 514. The minimum absolute atomic E-state index is 0.0226. The van der Waals surface area contributed by atoms with Gasteiger partial charge < -0.3 is 19.5 Å². The number of hydrogen-bond donors (Lipinski definition) is 1. The summed E-state index contributed by atoms with van der Waals surface area (Å²) in [6.45, 7) is 5.86. The molecule has 22 heavy (non-hydrogen) atoms. The minimum Gasteiger partial charge on any atom is -0.459 e. The van der Waals surface area contributed by atoms with Crippen LogP contribution in [0, 0.1) is 0 Å². The predicted molar refractivity (Wildman–Crippen MR) is 84.9 cm³/mol. The van der Waals surface area contributed by atoms with Crippen LogP contribution in [0.5, 0.6) is 0 Å². The topological polar surface area (TPSA) is 61.1 Å². The fourth-order valence-electron chi connectivity index (χ4n) is 2.80. The van der Waals surface area contributed by atoms with Gasteiger partial charge in [-0.15, -0.1) is 0 Å². The largest absolute Gasteiger partial charge is 0.459 e. The molecule has 6 heteroatoms. The maximum absolute atomic E-state index is 12.3. The Kier molecular flexibility index (Phi) is 4.65. The van der Waals surface area contributed by atoms with Crippen molar-refractivity contribution in [3.05, 3.63) is 24.2 Å². The fourth-order valence-corrected chi connectivity index (χ4v) is 2.80. The summed E-state index contributed by atoms with van der Waals surface area (Å²) in [5.74, 6) is 1.39. The van der Waals surface area contributed by atoms with E-state index in [1.165, 1.54) is 25.5 Å². The second-order valence-corrected chi connectivity index (χ2v) is 5.83. The Morgan fingerprint density at radius 3 is 2.59 bits per heavy atom. The molecular formula is C16H24N4O2. The Morgan fingerprint density at radius 1 is 1.32 bits per heavy atom. The predicted octanol–water partition coefficient (Wildman–Crippen LogP) is 1.56. The number of furan rings is 1. The first kappa shape index (κ1) is 14.9. The lowest BCUT2D eigenvalue weighted by Gasteiger charge is -2.38. The number of carbonyl (C=O) groups is 1. The van der Waals surface area contributed by atoms with E-state index >= 15 is 0 Å². The van der Waals surface area contributed by atoms with Gasteiger partial charge in [-0.05, 0) is 38.3 Å². The van der Waals surface area contributed by atoms with Crippen molar-refractivity contribution < 1.29 is 9.21 Å². The normalized spacial score (nSPS) is 20.0. The van der Waals surface area contributed by atoms with Crippen LogP contribution in [0.3, 0.4) is 0 Å². The number of hydrogen-bond acceptors (Lipinski definition) is 3. The highest BCUT2D eigenvalue weighted by atomic mass is 16.3. The molecule has 120 valence electrons. The molecule has 0 aromatic carbocycles. The Labute approximate surface area is 131 Å². The van der Waals surface area contributed by atoms with Gasteiger partial charge in [-0.2, -0.15) is 0 Å². The third-order valence-corrected chi connectivity index (χ3v) is 4.34. The molecule has 1 aromatic heterocycles. The second-order valence-electron chi connectivity index (χ2n) is 5.83. The molecule has 0 spiro atoms. The van der Waals surface area contributed by atoms with E-state index in [1.54, 1.807) is 12.1 Å². The Balaban J connectivity index is 1.55. The van der Waals surface area contributed by atoms with Crippen molar-refractivity contribution in [1.82, 2.24) is 15.1 Å². The van der Waals surface area contributed by atoms with Crippen LogP contribution < -0.4 is 5.32 Å². The summed E-state index contributed by atoms with van der Waals surface area (Å²) in [5, 5.41) is 3.55. The maximum atomic E-state index is 12.3. The van der Waals surface area contributed by atoms with E-state index in [-0.39, 0.29) is 5.91 Å². The fraction of sp³-hybridized carbons (Fsp3) is 0.625. The van der Waals surface area contributed by atoms with Crippen LogP contribution >= 0.6 is 0 Å². The van der Waals surface area contributed by atoms with Gasteiger partial charge in [0.1, 0.15) is 0 Å². The van der Waals surface area contributed by atoms with Gasteiger partial charge in [-0.3, -0.25) is 9.79 Å². The molecule has 2 heterocycles. The zero-order valence-corrected chi connectivity index (χ0v) is 13.1. The molecule has 2 fully saturated rings. The van der Waals surface area contributed by atoms with Crippen LogP contribution in [0.2, 0.25) is 0 Å². The molecule has 1 saturated carbocycles. The number of amides is 1. The molecular weight excluding hydrogens is 280 g/mol. The van der Waals surface area contributed by atoms with Gasteiger partial charge in [0.2, 0.25) is 0 Å². The highest BCUT2D eigenvalue weighted by Gasteiger charge is 2.27. The van der Waals surface area contributed by atoms with Crippen molar-refractivity contribution in [2.75, 3.05) is 32.7 Å². The summed E-state index contributed by atoms with van der Waals surface area (Å²) in [5.41, 5.74) is 0. The van der Waals surface area contributed by atoms with Crippen molar-refractivity contribution in [3.8, 4) is 0 Å². The van der Waals surface area contributed by atoms with Crippen LogP contribution in [-0.4, -0.2) is 60.4 Å². The molecule has 0 atom stereocenters. The summed E-state index contributed by atoms with van der Waals surface area (Å²) >= 11 is 0. The molecule has 1 N–H and O–H groups in total. The van der Waals surface area contributed by atoms with E-state index in [9.17, 15) is 4.79 Å². The van der Waals surface area contributed by atoms with Crippen LogP contribution in [0.15, 0.2) is 27.8 Å². The van der Waals surface area contributed by atoms with Gasteiger partial charge in [0.15, 0.2) is 11.7 Å². The lowest BCUT2D eigenvalue weighted by atomic mass is 9.93. The van der Waals surface area contributed by atoms with Crippen molar-refractivity contribution >= 4 is 11.9 Å². The number of nitrogens with one attached hydrogen (secondary N) is 1. The molecule has 1 aromatic rings. The van der Waals surface area contributed by atoms with E-state index in [0.717, 1.165) is 25.6 Å². The molecule has 3 rings (SSSR count). The van der Waals surface area contributed by atoms with Crippen molar-refractivity contribution in [3.63, 3.8) is 0 Å². The Hall–Kier alpha value is -1.98. The van der Waals surface area contributed by atoms with Gasteiger partial charge in [0, 0.05) is 38.8 Å². The number of piperazine rings is 1. The number of guanidine groups is 1. The highest BCUT2D eigenvalue weighted by molar-refractivity contribution is 5.91. The Morgan fingerprint density at radius 2 is 2.05 bits per heavy atom. The molecule has 0 unspecified atom stereocenters. The first-order valence-corrected chi connectivity index (χ1v) is 8.16. The van der Waals surface area contributed by atoms with Gasteiger partial charge in [-0.25, -0.2) is 0 Å². The van der Waals surface area contributed by atoms with E-state index < -0.39 is 0 Å². The number of nitrogens with zero attached hydrogens (tertiary/aromatic N) is 3. The van der Waals surface area contributed by atoms with Crippen molar-refractivity contribution in [1.29, 1.82) is 0 Å². The van der Waals surface area contributed by atoms with Crippen LogP contribution in [0.1, 0.15) is 36.7 Å². The average molecular weight is 304 g/mol. The summed E-state index contributed by atoms with van der Waals surface area (Å²) in [4.78, 5) is 21.0. The first-order chi connectivity index (χ1) is 10.8. The maximum Gasteiger partial charge on any atom is 0.289 e. The van der Waals surface area contributed by atoms with E-state index in [2.05, 4.69) is 22.1 Å². The minimum atomic E-state index is -0.0226. The highest BCUT2D eigenvalue weighted by Crippen LogP contribution is 2.18. The zero-order chi connectivity index (χ0) is 15.4. The number of carbonyl (C=O) groups excluding carboxylic acids is 1. The standard InChI is InChI=1S/C16H24N4O2/c1-2-17-16(18-13-5-3-6-13)20-10-8-19(9-11-20)15(21)14-7-4-12-22-14/h4,7,12-13H,2-3,5-6,8-11H2,1H3,(H,17,18). The third-order valence-electron chi connectivity index (χ3n) is 4.34. The summed E-state index contributed by atoms with van der Waals surface area (Å²) in [6.07, 6.45) is 5.32. The van der Waals surface area contributed by atoms with Crippen LogP contribution in [0.4, 0.5) is 0 Å². The first-order valence-electron chi connectivity index (χ1n) is 8.16. The molecule has 1 aliphatic carbocycles. The van der Waals surface area contributed by atoms with Crippen molar-refractivity contribution in [2.45, 2.75) is 32.2 Å². The summed E-state index contributed by atoms with van der Waals surface area (Å²) < 4.78 is 5.20. The number of aliphatic imine (C=N–C) groups is 1. The second kappa shape index (κ2) is 6.85. The van der Waals surface area contributed by atoms with E-state index in [1.807, 2.05) is 4.90 Å². The van der Waals surface area contributed by atoms with Crippen LogP contribution in [-0.2, 0) is 0 Å². The quantitative estimate of drug-likeness (QED) is 0.680. The summed E-state index contributed by atoms with van der Waals surface area (Å²) in [7, 11) is 0. The lowest BCUT2D eigenvalue weighted by Crippen LogP contribution is -2.56. The molecule has 1 aliphatic heterocycles. The molecule has 0 bridgehead atoms. The van der Waals surface area contributed by atoms with E-state index in [0.29, 0.717) is 24.9 Å². The molecule has 1 saturated heterocycles. The zero-order valence-electron chi connectivity index (χ0n) is 13.1. The molecule has 6 nitrogen and oxygen atoms in total. The SMILES string of the molecule is CCN=C(NC1CCC1)N1CCN(C(=O)c2ccco2)CC1. The van der Waals surface area contributed by atoms with Crippen molar-refractivity contribution in [2.24, 2.45) is 4.99 Å². The van der Waals surface area contributed by atoms with Crippen LogP contribution in [0.25, 0.3) is 0 Å². The average Bonchev–Trinajstić information content (AvgIpc) is 3.03. The van der Waals surface area contributed by atoms with Gasteiger partial charge in [-0.1, -0.05) is 0 Å². The van der Waals surface area contributed by atoms with E-state index in [4.69, 9.17) is 4.42 Å². The third kappa shape index (κ3) is 3.26. The molecule has 1 amide bonds. The smallest absolute Gasteiger partial charge is 0.289 e.